The Morgan fingerprint density at radius 1 is 1.53 bits per heavy atom. The number of carbonyl (C=O) groups is 1. The first-order chi connectivity index (χ1) is 9.19. The predicted octanol–water partition coefficient (Wildman–Crippen LogP) is 2.80. The highest BCUT2D eigenvalue weighted by molar-refractivity contribution is 5.71. The van der Waals surface area contributed by atoms with Crippen molar-refractivity contribution in [2.24, 2.45) is 5.92 Å². The number of allylic oxidation sites excluding steroid dienone is 2. The Hall–Kier alpha value is -1.84. The van der Waals surface area contributed by atoms with Gasteiger partial charge in [0.15, 0.2) is 0 Å². The summed E-state index contributed by atoms with van der Waals surface area (Å²) in [5.41, 5.74) is 8.80. The molecule has 0 bridgehead atoms. The highest BCUT2D eigenvalue weighted by Crippen LogP contribution is 2.32. The Balaban J connectivity index is 1.94. The SMILES string of the molecule is CCOC(=O)CC1CC=C(c2cncc(N)c2)CC1. The minimum atomic E-state index is -0.0880. The van der Waals surface area contributed by atoms with Gasteiger partial charge in [-0.15, -0.1) is 0 Å². The van der Waals surface area contributed by atoms with Crippen LogP contribution in [0.3, 0.4) is 0 Å². The maximum Gasteiger partial charge on any atom is 0.306 e. The van der Waals surface area contributed by atoms with Crippen molar-refractivity contribution in [1.82, 2.24) is 4.98 Å². The first kappa shape index (κ1) is 13.6. The summed E-state index contributed by atoms with van der Waals surface area (Å²) in [5, 5.41) is 0. The van der Waals surface area contributed by atoms with Crippen molar-refractivity contribution in [1.29, 1.82) is 0 Å². The van der Waals surface area contributed by atoms with E-state index in [2.05, 4.69) is 11.1 Å². The van der Waals surface area contributed by atoms with Crippen molar-refractivity contribution < 1.29 is 9.53 Å². The lowest BCUT2D eigenvalue weighted by molar-refractivity contribution is -0.144. The number of aromatic nitrogens is 1. The van der Waals surface area contributed by atoms with E-state index >= 15 is 0 Å². The van der Waals surface area contributed by atoms with Crippen LogP contribution >= 0.6 is 0 Å². The number of carbonyl (C=O) groups excluding carboxylic acids is 1. The van der Waals surface area contributed by atoms with Crippen LogP contribution in [0.2, 0.25) is 0 Å². The van der Waals surface area contributed by atoms with Crippen molar-refractivity contribution in [3.05, 3.63) is 30.1 Å². The monoisotopic (exact) mass is 260 g/mol. The number of hydrogen-bond acceptors (Lipinski definition) is 4. The molecule has 0 aromatic carbocycles. The standard InChI is InChI=1S/C15H20N2O2/c1-2-19-15(18)7-11-3-5-12(6-4-11)13-8-14(16)10-17-9-13/h5,8-11H,2-4,6-7,16H2,1H3. The maximum absolute atomic E-state index is 11.4. The van der Waals surface area contributed by atoms with Crippen molar-refractivity contribution in [2.75, 3.05) is 12.3 Å². The van der Waals surface area contributed by atoms with Gasteiger partial charge in [0.05, 0.1) is 12.3 Å². The number of ether oxygens (including phenoxy) is 1. The van der Waals surface area contributed by atoms with Gasteiger partial charge in [0.2, 0.25) is 0 Å². The molecule has 1 unspecified atom stereocenters. The summed E-state index contributed by atoms with van der Waals surface area (Å²) in [6, 6.07) is 1.95. The molecule has 1 aliphatic rings. The van der Waals surface area contributed by atoms with E-state index in [1.165, 1.54) is 5.57 Å². The summed E-state index contributed by atoms with van der Waals surface area (Å²) in [7, 11) is 0. The van der Waals surface area contributed by atoms with Gasteiger partial charge in [-0.2, -0.15) is 0 Å². The molecule has 1 aromatic heterocycles. The first-order valence-electron chi connectivity index (χ1n) is 6.74. The van der Waals surface area contributed by atoms with E-state index < -0.39 is 0 Å². The minimum absolute atomic E-state index is 0.0880. The second kappa shape index (κ2) is 6.36. The number of hydrogen-bond donors (Lipinski definition) is 1. The first-order valence-corrected chi connectivity index (χ1v) is 6.74. The molecule has 4 heteroatoms. The average Bonchev–Trinajstić information content (AvgIpc) is 2.40. The third-order valence-electron chi connectivity index (χ3n) is 3.41. The third-order valence-corrected chi connectivity index (χ3v) is 3.41. The zero-order valence-corrected chi connectivity index (χ0v) is 11.3. The summed E-state index contributed by atoms with van der Waals surface area (Å²) in [6.07, 6.45) is 9.11. The van der Waals surface area contributed by atoms with Gasteiger partial charge in [-0.25, -0.2) is 0 Å². The van der Waals surface area contributed by atoms with Crippen LogP contribution in [0.5, 0.6) is 0 Å². The van der Waals surface area contributed by atoms with Crippen molar-refractivity contribution in [2.45, 2.75) is 32.6 Å². The molecule has 1 heterocycles. The van der Waals surface area contributed by atoms with Crippen molar-refractivity contribution in [3.63, 3.8) is 0 Å². The van der Waals surface area contributed by atoms with Crippen molar-refractivity contribution in [3.8, 4) is 0 Å². The number of nitrogens with zero attached hydrogens (tertiary/aromatic N) is 1. The molecule has 0 radical (unpaired) electrons. The van der Waals surface area contributed by atoms with Gasteiger partial charge in [-0.3, -0.25) is 9.78 Å². The highest BCUT2D eigenvalue weighted by Gasteiger charge is 2.19. The second-order valence-corrected chi connectivity index (χ2v) is 4.89. The number of nitrogens with two attached hydrogens (primary N) is 1. The van der Waals surface area contributed by atoms with Gasteiger partial charge in [0.1, 0.15) is 0 Å². The fraction of sp³-hybridized carbons (Fsp3) is 0.467. The Labute approximate surface area is 113 Å². The molecule has 0 aliphatic heterocycles. The van der Waals surface area contributed by atoms with Gasteiger partial charge < -0.3 is 10.5 Å². The summed E-state index contributed by atoms with van der Waals surface area (Å²) in [6.45, 7) is 2.30. The highest BCUT2D eigenvalue weighted by atomic mass is 16.5. The molecular weight excluding hydrogens is 240 g/mol. The molecule has 1 aromatic rings. The van der Waals surface area contributed by atoms with E-state index in [9.17, 15) is 4.79 Å². The summed E-state index contributed by atoms with van der Waals surface area (Å²) < 4.78 is 4.99. The average molecular weight is 260 g/mol. The minimum Gasteiger partial charge on any atom is -0.466 e. The Kier molecular flexibility index (Phi) is 4.55. The lowest BCUT2D eigenvalue weighted by atomic mass is 9.85. The quantitative estimate of drug-likeness (QED) is 0.845. The molecule has 4 nitrogen and oxygen atoms in total. The molecule has 1 atom stereocenters. The number of esters is 1. The fourth-order valence-electron chi connectivity index (χ4n) is 2.43. The van der Waals surface area contributed by atoms with Crippen LogP contribution in [-0.4, -0.2) is 17.6 Å². The largest absolute Gasteiger partial charge is 0.466 e. The summed E-state index contributed by atoms with van der Waals surface area (Å²) in [5.74, 6) is 0.312. The molecule has 1 aliphatic carbocycles. The molecule has 0 saturated carbocycles. The number of rotatable bonds is 4. The van der Waals surface area contributed by atoms with Crippen LogP contribution in [0, 0.1) is 5.92 Å². The number of anilines is 1. The molecule has 0 saturated heterocycles. The normalized spacial score (nSPS) is 18.8. The maximum atomic E-state index is 11.4. The molecule has 0 spiro atoms. The predicted molar refractivity (Wildman–Crippen MR) is 75.2 cm³/mol. The van der Waals surface area contributed by atoms with Crippen LogP contribution in [-0.2, 0) is 9.53 Å². The van der Waals surface area contributed by atoms with E-state index in [0.29, 0.717) is 24.6 Å². The van der Waals surface area contributed by atoms with Gasteiger partial charge in [-0.1, -0.05) is 6.08 Å². The molecule has 102 valence electrons. The molecular formula is C15H20N2O2. The third kappa shape index (κ3) is 3.81. The van der Waals surface area contributed by atoms with Crippen molar-refractivity contribution >= 4 is 17.2 Å². The van der Waals surface area contributed by atoms with Gasteiger partial charge in [0, 0.05) is 18.8 Å². The van der Waals surface area contributed by atoms with E-state index in [1.54, 1.807) is 6.20 Å². The summed E-state index contributed by atoms with van der Waals surface area (Å²) in [4.78, 5) is 15.5. The molecule has 2 rings (SSSR count). The van der Waals surface area contributed by atoms with Gasteiger partial charge >= 0.3 is 5.97 Å². The topological polar surface area (TPSA) is 65.2 Å². The van der Waals surface area contributed by atoms with Crippen LogP contribution < -0.4 is 5.73 Å². The molecule has 0 fully saturated rings. The van der Waals surface area contributed by atoms with Crippen LogP contribution in [0.15, 0.2) is 24.5 Å². The van der Waals surface area contributed by atoms with Gasteiger partial charge in [0.25, 0.3) is 0 Å². The lowest BCUT2D eigenvalue weighted by Gasteiger charge is -2.21. The molecule has 2 N–H and O–H groups in total. The van der Waals surface area contributed by atoms with E-state index in [1.807, 2.05) is 19.2 Å². The van der Waals surface area contributed by atoms with E-state index in [-0.39, 0.29) is 5.97 Å². The number of nitrogen functional groups attached to an aromatic ring is 1. The Bertz CT molecular complexity index is 483. The lowest BCUT2D eigenvalue weighted by Crippen LogP contribution is -2.13. The Morgan fingerprint density at radius 3 is 3.00 bits per heavy atom. The molecule has 0 amide bonds. The van der Waals surface area contributed by atoms with Crippen LogP contribution in [0.4, 0.5) is 5.69 Å². The second-order valence-electron chi connectivity index (χ2n) is 4.89. The van der Waals surface area contributed by atoms with Crippen LogP contribution in [0.25, 0.3) is 5.57 Å². The smallest absolute Gasteiger partial charge is 0.306 e. The van der Waals surface area contributed by atoms with E-state index in [0.717, 1.165) is 24.8 Å². The molecule has 19 heavy (non-hydrogen) atoms. The van der Waals surface area contributed by atoms with E-state index in [4.69, 9.17) is 10.5 Å². The zero-order chi connectivity index (χ0) is 13.7. The zero-order valence-electron chi connectivity index (χ0n) is 11.3. The number of pyridine rings is 1. The Morgan fingerprint density at radius 2 is 2.37 bits per heavy atom. The van der Waals surface area contributed by atoms with Crippen LogP contribution in [0.1, 0.15) is 38.2 Å². The summed E-state index contributed by atoms with van der Waals surface area (Å²) >= 11 is 0. The fourth-order valence-corrected chi connectivity index (χ4v) is 2.43. The van der Waals surface area contributed by atoms with Gasteiger partial charge in [-0.05, 0) is 49.3 Å².